The fourth-order valence-corrected chi connectivity index (χ4v) is 4.33. The van der Waals surface area contributed by atoms with Crippen LogP contribution in [0.2, 0.25) is 0 Å². The predicted molar refractivity (Wildman–Crippen MR) is 163 cm³/mol. The van der Waals surface area contributed by atoms with Gasteiger partial charge in [0.2, 0.25) is 23.6 Å². The minimum absolute atomic E-state index is 0.0469. The summed E-state index contributed by atoms with van der Waals surface area (Å²) < 4.78 is 0. The lowest BCUT2D eigenvalue weighted by molar-refractivity contribution is -0.133. The largest absolute Gasteiger partial charge is 0.370 e. The molecule has 2 aromatic carbocycles. The van der Waals surface area contributed by atoms with E-state index in [-0.39, 0.29) is 31.3 Å². The maximum atomic E-state index is 13.5. The molecule has 12 nitrogen and oxygen atoms in total. The van der Waals surface area contributed by atoms with Gasteiger partial charge in [0.15, 0.2) is 5.96 Å². The molecule has 0 aromatic heterocycles. The van der Waals surface area contributed by atoms with Crippen molar-refractivity contribution in [3.63, 3.8) is 0 Å². The SMILES string of the molecule is CC(C)C[C@H](NC(=O)[C@@H](N)Cc1ccccc1)C(=O)N[C@@H](CCCN=C(N)N)C(=O)N[C@@H](Cc1ccccc1)C(N)=O. The Balaban J connectivity index is 2.16. The molecule has 4 atom stereocenters. The summed E-state index contributed by atoms with van der Waals surface area (Å²) in [4.78, 5) is 55.9. The van der Waals surface area contributed by atoms with Gasteiger partial charge in [-0.2, -0.15) is 0 Å². The monoisotopic (exact) mass is 580 g/mol. The maximum Gasteiger partial charge on any atom is 0.243 e. The van der Waals surface area contributed by atoms with E-state index in [1.165, 1.54) is 0 Å². The van der Waals surface area contributed by atoms with Crippen LogP contribution in [0.4, 0.5) is 0 Å². The number of hydrogen-bond acceptors (Lipinski definition) is 6. The third kappa shape index (κ3) is 12.4. The number of carbonyl (C=O) groups is 4. The first kappa shape index (κ1) is 33.8. The molecule has 0 radical (unpaired) electrons. The van der Waals surface area contributed by atoms with Crippen LogP contribution in [-0.4, -0.2) is 60.3 Å². The van der Waals surface area contributed by atoms with Gasteiger partial charge in [0.05, 0.1) is 6.04 Å². The normalized spacial score (nSPS) is 13.7. The van der Waals surface area contributed by atoms with Crippen LogP contribution in [0.25, 0.3) is 0 Å². The Morgan fingerprint density at radius 2 is 1.21 bits per heavy atom. The molecule has 0 saturated carbocycles. The summed E-state index contributed by atoms with van der Waals surface area (Å²) in [6.07, 6.45) is 1.33. The second kappa shape index (κ2) is 17.4. The van der Waals surface area contributed by atoms with E-state index in [2.05, 4.69) is 20.9 Å². The van der Waals surface area contributed by atoms with Gasteiger partial charge in [0.1, 0.15) is 18.1 Å². The zero-order valence-electron chi connectivity index (χ0n) is 24.3. The molecule has 228 valence electrons. The lowest BCUT2D eigenvalue weighted by Gasteiger charge is -2.26. The average molecular weight is 581 g/mol. The number of nitrogens with zero attached hydrogens (tertiary/aromatic N) is 1. The van der Waals surface area contributed by atoms with Crippen molar-refractivity contribution in [3.05, 3.63) is 71.8 Å². The minimum atomic E-state index is -1.05. The van der Waals surface area contributed by atoms with E-state index in [1.54, 1.807) is 0 Å². The van der Waals surface area contributed by atoms with E-state index in [4.69, 9.17) is 22.9 Å². The highest BCUT2D eigenvalue weighted by Gasteiger charge is 2.30. The van der Waals surface area contributed by atoms with Crippen LogP contribution in [-0.2, 0) is 32.0 Å². The Morgan fingerprint density at radius 3 is 1.74 bits per heavy atom. The van der Waals surface area contributed by atoms with Gasteiger partial charge in [0.25, 0.3) is 0 Å². The van der Waals surface area contributed by atoms with E-state index < -0.39 is 47.8 Å². The number of guanidine groups is 1. The fraction of sp³-hybridized carbons (Fsp3) is 0.433. The molecular weight excluding hydrogens is 536 g/mol. The summed E-state index contributed by atoms with van der Waals surface area (Å²) in [5.74, 6) is -2.39. The molecule has 0 unspecified atom stereocenters. The van der Waals surface area contributed by atoms with Gasteiger partial charge >= 0.3 is 0 Å². The Kier molecular flexibility index (Phi) is 14.0. The van der Waals surface area contributed by atoms with Crippen molar-refractivity contribution in [1.82, 2.24) is 16.0 Å². The van der Waals surface area contributed by atoms with Gasteiger partial charge in [-0.15, -0.1) is 0 Å². The van der Waals surface area contributed by atoms with Gasteiger partial charge in [-0.1, -0.05) is 74.5 Å². The van der Waals surface area contributed by atoms with Crippen LogP contribution in [0.1, 0.15) is 44.2 Å². The summed E-state index contributed by atoms with van der Waals surface area (Å²) in [6.45, 7) is 4.05. The smallest absolute Gasteiger partial charge is 0.243 e. The number of primary amides is 1. The standard InChI is InChI=1S/C30H44N8O4/c1-19(2)16-25(38-27(40)22(31)17-20-10-5-3-6-11-20)29(42)36-23(14-9-15-35-30(33)34)28(41)37-24(26(32)39)18-21-12-7-4-8-13-21/h3-8,10-13,19,22-25H,9,14-18,31H2,1-2H3,(H2,32,39)(H,36,42)(H,37,41)(H,38,40)(H4,33,34,35)/t22-,23-,24-,25-/m0/s1. The number of benzene rings is 2. The third-order valence-corrected chi connectivity index (χ3v) is 6.50. The van der Waals surface area contributed by atoms with Crippen molar-refractivity contribution in [1.29, 1.82) is 0 Å². The topological polar surface area (TPSA) is 221 Å². The van der Waals surface area contributed by atoms with Crippen molar-refractivity contribution in [2.75, 3.05) is 6.54 Å². The number of amides is 4. The molecule has 0 bridgehead atoms. The molecule has 0 saturated heterocycles. The van der Waals surface area contributed by atoms with Crippen molar-refractivity contribution in [2.45, 2.75) is 70.1 Å². The molecule has 12 heteroatoms. The molecule has 0 aliphatic heterocycles. The zero-order valence-corrected chi connectivity index (χ0v) is 24.3. The van der Waals surface area contributed by atoms with E-state index in [9.17, 15) is 19.2 Å². The summed E-state index contributed by atoms with van der Waals surface area (Å²) >= 11 is 0. The lowest BCUT2D eigenvalue weighted by Crippen LogP contribution is -2.58. The maximum absolute atomic E-state index is 13.5. The van der Waals surface area contributed by atoms with Crippen LogP contribution in [0.3, 0.4) is 0 Å². The van der Waals surface area contributed by atoms with E-state index in [1.807, 2.05) is 74.5 Å². The Bertz CT molecular complexity index is 1190. The minimum Gasteiger partial charge on any atom is -0.370 e. The van der Waals surface area contributed by atoms with Gasteiger partial charge in [-0.05, 0) is 42.7 Å². The van der Waals surface area contributed by atoms with Crippen LogP contribution in [0.5, 0.6) is 0 Å². The molecule has 11 N–H and O–H groups in total. The molecule has 0 aliphatic carbocycles. The first-order chi connectivity index (χ1) is 20.0. The highest BCUT2D eigenvalue weighted by Crippen LogP contribution is 2.10. The highest BCUT2D eigenvalue weighted by molar-refractivity contribution is 5.94. The summed E-state index contributed by atoms with van der Waals surface area (Å²) in [6, 6.07) is 14.6. The zero-order chi connectivity index (χ0) is 31.1. The molecule has 0 aliphatic rings. The number of hydrogen-bond donors (Lipinski definition) is 7. The Hall–Kier alpha value is -4.45. The van der Waals surface area contributed by atoms with Crippen LogP contribution in [0, 0.1) is 5.92 Å². The second-order valence-electron chi connectivity index (χ2n) is 10.7. The first-order valence-corrected chi connectivity index (χ1v) is 14.1. The highest BCUT2D eigenvalue weighted by atomic mass is 16.2. The number of nitrogens with one attached hydrogen (secondary N) is 3. The molecule has 2 aromatic rings. The van der Waals surface area contributed by atoms with Crippen molar-refractivity contribution >= 4 is 29.6 Å². The van der Waals surface area contributed by atoms with E-state index >= 15 is 0 Å². The van der Waals surface area contributed by atoms with Crippen LogP contribution >= 0.6 is 0 Å². The fourth-order valence-electron chi connectivity index (χ4n) is 4.33. The Labute approximate surface area is 247 Å². The van der Waals surface area contributed by atoms with Crippen LogP contribution < -0.4 is 38.9 Å². The number of nitrogens with two attached hydrogens (primary N) is 4. The first-order valence-electron chi connectivity index (χ1n) is 14.1. The van der Waals surface area contributed by atoms with Crippen molar-refractivity contribution in [2.24, 2.45) is 33.8 Å². The predicted octanol–water partition coefficient (Wildman–Crippen LogP) is -0.161. The van der Waals surface area contributed by atoms with Crippen molar-refractivity contribution < 1.29 is 19.2 Å². The molecule has 0 heterocycles. The molecular formula is C30H44N8O4. The number of aliphatic imine (C=N–C) groups is 1. The molecule has 4 amide bonds. The number of rotatable bonds is 17. The van der Waals surface area contributed by atoms with Gasteiger partial charge < -0.3 is 38.9 Å². The summed E-state index contributed by atoms with van der Waals surface area (Å²) in [5.41, 5.74) is 24.2. The van der Waals surface area contributed by atoms with E-state index in [0.29, 0.717) is 19.3 Å². The van der Waals surface area contributed by atoms with Gasteiger partial charge in [0, 0.05) is 13.0 Å². The molecule has 2 rings (SSSR count). The van der Waals surface area contributed by atoms with Crippen LogP contribution in [0.15, 0.2) is 65.7 Å². The summed E-state index contributed by atoms with van der Waals surface area (Å²) in [5, 5.41) is 8.16. The third-order valence-electron chi connectivity index (χ3n) is 6.50. The van der Waals surface area contributed by atoms with Gasteiger partial charge in [-0.3, -0.25) is 24.2 Å². The number of carbonyl (C=O) groups excluding carboxylic acids is 4. The molecule has 42 heavy (non-hydrogen) atoms. The average Bonchev–Trinajstić information content (AvgIpc) is 2.94. The van der Waals surface area contributed by atoms with E-state index in [0.717, 1.165) is 11.1 Å². The molecule has 0 fully saturated rings. The Morgan fingerprint density at radius 1 is 0.714 bits per heavy atom. The van der Waals surface area contributed by atoms with Gasteiger partial charge in [-0.25, -0.2) is 0 Å². The quantitative estimate of drug-likeness (QED) is 0.0760. The molecule has 0 spiro atoms. The lowest BCUT2D eigenvalue weighted by atomic mass is 10.0. The van der Waals surface area contributed by atoms with Crippen molar-refractivity contribution in [3.8, 4) is 0 Å². The second-order valence-corrected chi connectivity index (χ2v) is 10.7. The summed E-state index contributed by atoms with van der Waals surface area (Å²) in [7, 11) is 0.